The van der Waals surface area contributed by atoms with E-state index in [1.165, 1.54) is 0 Å². The number of hydrogen-bond acceptors (Lipinski definition) is 2. The highest BCUT2D eigenvalue weighted by Crippen LogP contribution is 1.85. The van der Waals surface area contributed by atoms with Crippen LogP contribution in [0.3, 0.4) is 0 Å². The van der Waals surface area contributed by atoms with Gasteiger partial charge in [0.15, 0.2) is 0 Å². The van der Waals surface area contributed by atoms with Crippen molar-refractivity contribution in [2.24, 2.45) is 0 Å². The molecular weight excluding hydrogens is 99.0 g/mol. The maximum atomic E-state index is 8.34. The summed E-state index contributed by atoms with van der Waals surface area (Å²) in [6, 6.07) is 0. The second-order valence-corrected chi connectivity index (χ2v) is 1.38. The summed E-state index contributed by atoms with van der Waals surface area (Å²) in [6.07, 6.45) is -0.315. The van der Waals surface area contributed by atoms with E-state index >= 15 is 0 Å². The van der Waals surface area contributed by atoms with Gasteiger partial charge in [-0.2, -0.15) is 0 Å². The van der Waals surface area contributed by atoms with Crippen molar-refractivity contribution < 1.29 is 10.2 Å². The van der Waals surface area contributed by atoms with E-state index in [1.54, 1.807) is 0 Å². The molecule has 2 N–H and O–H groups in total. The van der Waals surface area contributed by atoms with Gasteiger partial charge < -0.3 is 10.2 Å². The van der Waals surface area contributed by atoms with E-state index in [1.807, 2.05) is 0 Å². The lowest BCUT2D eigenvalue weighted by atomic mass is 10.4. The summed E-state index contributed by atoms with van der Waals surface area (Å²) in [6.45, 7) is -0.191. The molecule has 0 saturated heterocycles. The Morgan fingerprint density at radius 3 is 2.17 bits per heavy atom. The number of aliphatic hydroxyl groups excluding tert-OH is 2. The van der Waals surface area contributed by atoms with Crippen LogP contribution in [0.1, 0.15) is 0 Å². The molecule has 0 fully saturated rings. The zero-order chi connectivity index (χ0) is 4.99. The topological polar surface area (TPSA) is 40.5 Å². The van der Waals surface area contributed by atoms with Gasteiger partial charge in [0.2, 0.25) is 0 Å². The SMILES string of the molecule is OCC(O)C[P]. The van der Waals surface area contributed by atoms with E-state index in [9.17, 15) is 0 Å². The van der Waals surface area contributed by atoms with Gasteiger partial charge in [-0.05, 0) is 9.24 Å². The standard InChI is InChI=1S/C3H7O2P/c4-1-3(5)2-6/h3-5H,1-2H2. The first-order valence-electron chi connectivity index (χ1n) is 1.71. The summed E-state index contributed by atoms with van der Waals surface area (Å²) in [5, 5.41) is 16.4. The molecule has 0 bridgehead atoms. The Morgan fingerprint density at radius 1 is 1.67 bits per heavy atom. The molecule has 0 aliphatic rings. The summed E-state index contributed by atoms with van der Waals surface area (Å²) in [5.41, 5.74) is 0. The van der Waals surface area contributed by atoms with Crippen LogP contribution in [0.5, 0.6) is 0 Å². The van der Waals surface area contributed by atoms with Crippen molar-refractivity contribution in [2.45, 2.75) is 6.10 Å². The lowest BCUT2D eigenvalue weighted by Gasteiger charge is -1.96. The zero-order valence-corrected chi connectivity index (χ0v) is 4.23. The Morgan fingerprint density at radius 2 is 2.17 bits per heavy atom. The summed E-state index contributed by atoms with van der Waals surface area (Å²) in [7, 11) is 3.69. The molecule has 0 aromatic rings. The first kappa shape index (κ1) is 6.35. The minimum absolute atomic E-state index is 0.191. The summed E-state index contributed by atoms with van der Waals surface area (Å²) in [5.74, 6) is 0. The lowest BCUT2D eigenvalue weighted by Crippen LogP contribution is -2.12. The summed E-state index contributed by atoms with van der Waals surface area (Å²) >= 11 is 0. The molecule has 1 atom stereocenters. The van der Waals surface area contributed by atoms with Crippen molar-refractivity contribution in [2.75, 3.05) is 12.8 Å². The molecule has 0 aromatic heterocycles. The third-order valence-corrected chi connectivity index (χ3v) is 0.843. The Kier molecular flexibility index (Phi) is 3.74. The van der Waals surface area contributed by atoms with Crippen LogP contribution in [0.2, 0.25) is 0 Å². The molecule has 0 amide bonds. The van der Waals surface area contributed by atoms with Gasteiger partial charge in [-0.25, -0.2) is 0 Å². The average molecular weight is 106 g/mol. The second kappa shape index (κ2) is 3.54. The van der Waals surface area contributed by atoms with E-state index in [4.69, 9.17) is 10.2 Å². The fraction of sp³-hybridized carbons (Fsp3) is 1.00. The maximum absolute atomic E-state index is 8.34. The van der Waals surface area contributed by atoms with Gasteiger partial charge in [-0.15, -0.1) is 0 Å². The van der Waals surface area contributed by atoms with Crippen molar-refractivity contribution in [1.29, 1.82) is 0 Å². The molecule has 0 spiro atoms. The third-order valence-electron chi connectivity index (χ3n) is 0.421. The van der Waals surface area contributed by atoms with E-state index in [0.29, 0.717) is 6.16 Å². The Bertz CT molecular complexity index is 28.0. The summed E-state index contributed by atoms with van der Waals surface area (Å²) < 4.78 is 0. The highest BCUT2D eigenvalue weighted by Gasteiger charge is 1.93. The van der Waals surface area contributed by atoms with Crippen molar-refractivity contribution in [3.63, 3.8) is 0 Å². The minimum Gasteiger partial charge on any atom is -0.394 e. The first-order chi connectivity index (χ1) is 2.81. The summed E-state index contributed by atoms with van der Waals surface area (Å²) in [4.78, 5) is 0. The van der Waals surface area contributed by atoms with E-state index in [2.05, 4.69) is 9.24 Å². The van der Waals surface area contributed by atoms with Gasteiger partial charge in [0.25, 0.3) is 0 Å². The van der Waals surface area contributed by atoms with Crippen LogP contribution in [0.25, 0.3) is 0 Å². The van der Waals surface area contributed by atoms with Crippen LogP contribution in [0, 0.1) is 0 Å². The molecule has 0 rings (SSSR count). The largest absolute Gasteiger partial charge is 0.394 e. The molecule has 0 heterocycles. The lowest BCUT2D eigenvalue weighted by molar-refractivity contribution is 0.113. The van der Waals surface area contributed by atoms with Crippen molar-refractivity contribution in [3.05, 3.63) is 0 Å². The van der Waals surface area contributed by atoms with Crippen LogP contribution >= 0.6 is 9.24 Å². The van der Waals surface area contributed by atoms with E-state index in [0.717, 1.165) is 0 Å². The highest BCUT2D eigenvalue weighted by molar-refractivity contribution is 7.16. The number of aliphatic hydroxyl groups is 2. The van der Waals surface area contributed by atoms with Gasteiger partial charge >= 0.3 is 0 Å². The van der Waals surface area contributed by atoms with Gasteiger partial charge in [0, 0.05) is 6.16 Å². The van der Waals surface area contributed by atoms with Crippen LogP contribution in [0.15, 0.2) is 0 Å². The van der Waals surface area contributed by atoms with Crippen molar-refractivity contribution in [3.8, 4) is 0 Å². The maximum Gasteiger partial charge on any atom is 0.0816 e. The quantitative estimate of drug-likeness (QED) is 0.476. The van der Waals surface area contributed by atoms with Crippen LogP contribution < -0.4 is 0 Å². The van der Waals surface area contributed by atoms with Crippen LogP contribution in [-0.2, 0) is 0 Å². The van der Waals surface area contributed by atoms with Gasteiger partial charge in [-0.3, -0.25) is 0 Å². The van der Waals surface area contributed by atoms with Crippen molar-refractivity contribution in [1.82, 2.24) is 0 Å². The Labute approximate surface area is 39.4 Å². The number of hydrogen-bond donors (Lipinski definition) is 2. The Balaban J connectivity index is 2.75. The molecule has 0 aromatic carbocycles. The smallest absolute Gasteiger partial charge is 0.0816 e. The third kappa shape index (κ3) is 2.58. The molecule has 0 aliphatic heterocycles. The minimum atomic E-state index is -0.645. The fourth-order valence-corrected chi connectivity index (χ4v) is 0.173. The predicted octanol–water partition coefficient (Wildman–Crippen LogP) is -0.250. The van der Waals surface area contributed by atoms with Crippen molar-refractivity contribution >= 4 is 9.24 Å². The number of rotatable bonds is 2. The van der Waals surface area contributed by atoms with Gasteiger partial charge in [0.05, 0.1) is 12.7 Å². The molecule has 36 valence electrons. The zero-order valence-electron chi connectivity index (χ0n) is 3.33. The molecule has 1 unspecified atom stereocenters. The monoisotopic (exact) mass is 106 g/mol. The van der Waals surface area contributed by atoms with Crippen LogP contribution in [0.4, 0.5) is 0 Å². The first-order valence-corrected chi connectivity index (χ1v) is 2.34. The van der Waals surface area contributed by atoms with E-state index < -0.39 is 6.10 Å². The van der Waals surface area contributed by atoms with Crippen LogP contribution in [-0.4, -0.2) is 29.1 Å². The fourth-order valence-electron chi connectivity index (χ4n) is 0.0577. The van der Waals surface area contributed by atoms with Gasteiger partial charge in [-0.1, -0.05) is 0 Å². The molecule has 0 saturated carbocycles. The average Bonchev–Trinajstić information content (AvgIpc) is 1.65. The molecular formula is C3H7O2P. The molecule has 3 heteroatoms. The molecule has 2 nitrogen and oxygen atoms in total. The normalized spacial score (nSPS) is 14.5. The second-order valence-electron chi connectivity index (χ2n) is 1.02. The molecule has 0 aliphatic carbocycles. The molecule has 6 heavy (non-hydrogen) atoms. The van der Waals surface area contributed by atoms with Gasteiger partial charge in [0.1, 0.15) is 0 Å². The van der Waals surface area contributed by atoms with E-state index in [-0.39, 0.29) is 6.61 Å². The molecule has 2 radical (unpaired) electrons. The predicted molar refractivity (Wildman–Crippen MR) is 24.9 cm³/mol. The Hall–Kier alpha value is 0.350. The highest BCUT2D eigenvalue weighted by atomic mass is 31.0.